The molecule has 1 aliphatic heterocycles. The van der Waals surface area contributed by atoms with E-state index in [0.717, 1.165) is 0 Å². The first-order valence-corrected chi connectivity index (χ1v) is 13.2. The number of halogens is 3. The SMILES string of the molecule is CCOC(=O)C1=C(C)N=c2s/c(=C/c3ccc(-c4ccc(Cl)cc4Cl)o3)c(=O)n2C1c1ccc(Cl)cc1. The van der Waals surface area contributed by atoms with Crippen LogP contribution in [0.3, 0.4) is 0 Å². The number of nitrogens with zero attached hydrogens (tertiary/aromatic N) is 2. The standard InChI is InChI=1S/C27H19Cl3N2O4S/c1-3-35-26(34)23-14(2)31-27-32(24(23)15-4-6-16(28)7-5-15)25(33)22(37-27)13-18-9-11-21(36-18)19-10-8-17(29)12-20(19)30/h4-13,24H,3H2,1-2H3/b22-13+. The molecule has 2 aromatic heterocycles. The number of furan rings is 1. The molecular weight excluding hydrogens is 555 g/mol. The van der Waals surface area contributed by atoms with Crippen LogP contribution in [-0.2, 0) is 9.53 Å². The van der Waals surface area contributed by atoms with Crippen molar-refractivity contribution >= 4 is 58.2 Å². The molecule has 5 rings (SSSR count). The van der Waals surface area contributed by atoms with Gasteiger partial charge in [0.25, 0.3) is 5.56 Å². The van der Waals surface area contributed by atoms with Crippen LogP contribution in [-0.4, -0.2) is 17.1 Å². The van der Waals surface area contributed by atoms with E-state index < -0.39 is 12.0 Å². The van der Waals surface area contributed by atoms with Gasteiger partial charge in [-0.05, 0) is 61.9 Å². The van der Waals surface area contributed by atoms with Gasteiger partial charge in [0.15, 0.2) is 4.80 Å². The summed E-state index contributed by atoms with van der Waals surface area (Å²) in [6.45, 7) is 3.67. The van der Waals surface area contributed by atoms with Crippen LogP contribution < -0.4 is 14.9 Å². The molecule has 3 heterocycles. The molecule has 0 radical (unpaired) electrons. The molecule has 0 fully saturated rings. The van der Waals surface area contributed by atoms with Crippen LogP contribution in [0.4, 0.5) is 0 Å². The summed E-state index contributed by atoms with van der Waals surface area (Å²) in [7, 11) is 0. The lowest BCUT2D eigenvalue weighted by molar-refractivity contribution is -0.139. The molecule has 1 unspecified atom stereocenters. The van der Waals surface area contributed by atoms with Gasteiger partial charge in [-0.1, -0.05) is 58.3 Å². The van der Waals surface area contributed by atoms with E-state index in [0.29, 0.717) is 58.3 Å². The molecular formula is C27H19Cl3N2O4S. The lowest BCUT2D eigenvalue weighted by Gasteiger charge is -2.24. The molecule has 1 aliphatic rings. The van der Waals surface area contributed by atoms with Gasteiger partial charge in [0.05, 0.1) is 33.5 Å². The number of hydrogen-bond donors (Lipinski definition) is 0. The fourth-order valence-electron chi connectivity index (χ4n) is 4.15. The first kappa shape index (κ1) is 25.5. The third-order valence-electron chi connectivity index (χ3n) is 5.80. The van der Waals surface area contributed by atoms with Gasteiger partial charge in [-0.15, -0.1) is 0 Å². The molecule has 0 aliphatic carbocycles. The van der Waals surface area contributed by atoms with Crippen molar-refractivity contribution in [2.45, 2.75) is 19.9 Å². The van der Waals surface area contributed by atoms with Gasteiger partial charge in [-0.2, -0.15) is 0 Å². The third-order valence-corrected chi connectivity index (χ3v) is 7.58. The maximum Gasteiger partial charge on any atom is 0.338 e. The van der Waals surface area contributed by atoms with Gasteiger partial charge in [0.1, 0.15) is 11.5 Å². The van der Waals surface area contributed by atoms with Crippen molar-refractivity contribution in [3.8, 4) is 11.3 Å². The van der Waals surface area contributed by atoms with Crippen LogP contribution in [0.15, 0.2) is 80.1 Å². The number of hydrogen-bond acceptors (Lipinski definition) is 6. The summed E-state index contributed by atoms with van der Waals surface area (Å²) in [5.74, 6) is 0.490. The predicted octanol–water partition coefficient (Wildman–Crippen LogP) is 6.02. The number of carbonyl (C=O) groups excluding carboxylic acids is 1. The second kappa shape index (κ2) is 10.3. The zero-order valence-corrected chi connectivity index (χ0v) is 22.7. The fraction of sp³-hybridized carbons (Fsp3) is 0.148. The van der Waals surface area contributed by atoms with Crippen molar-refractivity contribution in [3.05, 3.63) is 112 Å². The summed E-state index contributed by atoms with van der Waals surface area (Å²) < 4.78 is 13.2. The second-order valence-electron chi connectivity index (χ2n) is 8.18. The maximum absolute atomic E-state index is 13.7. The molecule has 4 aromatic rings. The maximum atomic E-state index is 13.7. The first-order valence-electron chi connectivity index (χ1n) is 11.3. The Morgan fingerprint density at radius 2 is 1.84 bits per heavy atom. The van der Waals surface area contributed by atoms with Crippen LogP contribution in [0.1, 0.15) is 31.2 Å². The van der Waals surface area contributed by atoms with E-state index >= 15 is 0 Å². The van der Waals surface area contributed by atoms with Crippen LogP contribution in [0, 0.1) is 0 Å². The second-order valence-corrected chi connectivity index (χ2v) is 10.5. The Balaban J connectivity index is 1.63. The van der Waals surface area contributed by atoms with E-state index in [1.807, 2.05) is 0 Å². The van der Waals surface area contributed by atoms with Crippen molar-refractivity contribution in [3.63, 3.8) is 0 Å². The Morgan fingerprint density at radius 1 is 1.11 bits per heavy atom. The van der Waals surface area contributed by atoms with Crippen molar-refractivity contribution in [1.82, 2.24) is 4.57 Å². The average molecular weight is 574 g/mol. The van der Waals surface area contributed by atoms with Crippen LogP contribution >= 0.6 is 46.1 Å². The number of esters is 1. The van der Waals surface area contributed by atoms with Crippen molar-refractivity contribution in [1.29, 1.82) is 0 Å². The minimum absolute atomic E-state index is 0.200. The highest BCUT2D eigenvalue weighted by molar-refractivity contribution is 7.07. The van der Waals surface area contributed by atoms with E-state index in [1.165, 1.54) is 15.9 Å². The number of benzene rings is 2. The Bertz CT molecular complexity index is 1730. The predicted molar refractivity (Wildman–Crippen MR) is 146 cm³/mol. The molecule has 188 valence electrons. The van der Waals surface area contributed by atoms with E-state index in [2.05, 4.69) is 4.99 Å². The Labute approximate surface area is 230 Å². The molecule has 37 heavy (non-hydrogen) atoms. The summed E-state index contributed by atoms with van der Waals surface area (Å²) in [5.41, 5.74) is 1.89. The number of thiazole rings is 1. The van der Waals surface area contributed by atoms with Gasteiger partial charge < -0.3 is 9.15 Å². The number of carbonyl (C=O) groups is 1. The summed E-state index contributed by atoms with van der Waals surface area (Å²) in [5, 5.41) is 1.52. The van der Waals surface area contributed by atoms with Gasteiger partial charge in [0.2, 0.25) is 0 Å². The lowest BCUT2D eigenvalue weighted by atomic mass is 9.96. The number of ether oxygens (including phenoxy) is 1. The number of rotatable bonds is 5. The summed E-state index contributed by atoms with van der Waals surface area (Å²) >= 11 is 19.6. The van der Waals surface area contributed by atoms with Crippen LogP contribution in [0.25, 0.3) is 17.4 Å². The molecule has 0 N–H and O–H groups in total. The molecule has 0 amide bonds. The molecule has 0 saturated carbocycles. The van der Waals surface area contributed by atoms with Gasteiger partial charge in [0, 0.05) is 21.7 Å². The van der Waals surface area contributed by atoms with Gasteiger partial charge in [-0.3, -0.25) is 9.36 Å². The van der Waals surface area contributed by atoms with Crippen molar-refractivity contribution in [2.75, 3.05) is 6.61 Å². The zero-order valence-electron chi connectivity index (χ0n) is 19.6. The Morgan fingerprint density at radius 3 is 2.54 bits per heavy atom. The third kappa shape index (κ3) is 4.92. The van der Waals surface area contributed by atoms with E-state index in [1.54, 1.807) is 74.5 Å². The largest absolute Gasteiger partial charge is 0.463 e. The van der Waals surface area contributed by atoms with Gasteiger partial charge in [-0.25, -0.2) is 9.79 Å². The minimum Gasteiger partial charge on any atom is -0.463 e. The van der Waals surface area contributed by atoms with E-state index in [9.17, 15) is 9.59 Å². The normalized spacial score (nSPS) is 15.5. The summed E-state index contributed by atoms with van der Waals surface area (Å²) in [6.07, 6.45) is 1.65. The number of fused-ring (bicyclic) bond motifs is 1. The lowest BCUT2D eigenvalue weighted by Crippen LogP contribution is -2.39. The highest BCUT2D eigenvalue weighted by atomic mass is 35.5. The number of allylic oxidation sites excluding steroid dienone is 1. The molecule has 2 aromatic carbocycles. The zero-order chi connectivity index (χ0) is 26.3. The average Bonchev–Trinajstić information content (AvgIpc) is 3.43. The van der Waals surface area contributed by atoms with E-state index in [4.69, 9.17) is 44.0 Å². The quantitative estimate of drug-likeness (QED) is 0.274. The Hall–Kier alpha value is -3.10. The monoisotopic (exact) mass is 572 g/mol. The number of aromatic nitrogens is 1. The molecule has 0 saturated heterocycles. The molecule has 6 nitrogen and oxygen atoms in total. The topological polar surface area (TPSA) is 73.8 Å². The minimum atomic E-state index is -0.713. The van der Waals surface area contributed by atoms with Crippen molar-refractivity contribution < 1.29 is 13.9 Å². The highest BCUT2D eigenvalue weighted by Crippen LogP contribution is 2.33. The first-order chi connectivity index (χ1) is 17.8. The smallest absolute Gasteiger partial charge is 0.338 e. The van der Waals surface area contributed by atoms with Crippen LogP contribution in [0.5, 0.6) is 0 Å². The summed E-state index contributed by atoms with van der Waals surface area (Å²) in [4.78, 5) is 31.7. The van der Waals surface area contributed by atoms with Gasteiger partial charge >= 0.3 is 5.97 Å². The molecule has 1 atom stereocenters. The van der Waals surface area contributed by atoms with E-state index in [-0.39, 0.29) is 12.2 Å². The highest BCUT2D eigenvalue weighted by Gasteiger charge is 2.33. The molecule has 0 bridgehead atoms. The summed E-state index contributed by atoms with van der Waals surface area (Å²) in [6, 6.07) is 15.0. The molecule has 0 spiro atoms. The van der Waals surface area contributed by atoms with Crippen molar-refractivity contribution in [2.24, 2.45) is 4.99 Å². The van der Waals surface area contributed by atoms with Crippen LogP contribution in [0.2, 0.25) is 15.1 Å². The fourth-order valence-corrected chi connectivity index (χ4v) is 5.80. The Kier molecular flexibility index (Phi) is 7.14. The molecule has 10 heteroatoms.